The Labute approximate surface area is 175 Å². The van der Waals surface area contributed by atoms with E-state index in [-0.39, 0.29) is 5.91 Å². The Morgan fingerprint density at radius 3 is 2.40 bits per heavy atom. The molecule has 0 unspecified atom stereocenters. The molecule has 1 aliphatic rings. The average molecular weight is 405 g/mol. The molecule has 1 saturated carbocycles. The summed E-state index contributed by atoms with van der Waals surface area (Å²) in [6.45, 7) is 1.37. The normalized spacial score (nSPS) is 13.0. The second-order valence-corrected chi connectivity index (χ2v) is 7.54. The SMILES string of the molecule is COc1cc(F)ccc1Oc1ccc(C(=O)N(Cc2ccccc2)CC2CC2)cc1. The van der Waals surface area contributed by atoms with E-state index in [1.165, 1.54) is 38.2 Å². The summed E-state index contributed by atoms with van der Waals surface area (Å²) in [5.41, 5.74) is 1.74. The molecule has 30 heavy (non-hydrogen) atoms. The zero-order chi connectivity index (χ0) is 20.9. The van der Waals surface area contributed by atoms with Crippen LogP contribution in [0, 0.1) is 11.7 Å². The highest BCUT2D eigenvalue weighted by Crippen LogP contribution is 2.33. The molecule has 1 fully saturated rings. The largest absolute Gasteiger partial charge is 0.493 e. The lowest BCUT2D eigenvalue weighted by Crippen LogP contribution is -2.32. The fourth-order valence-electron chi connectivity index (χ4n) is 3.34. The molecular weight excluding hydrogens is 381 g/mol. The zero-order valence-corrected chi connectivity index (χ0v) is 16.9. The van der Waals surface area contributed by atoms with E-state index in [4.69, 9.17) is 9.47 Å². The van der Waals surface area contributed by atoms with Crippen LogP contribution in [0.3, 0.4) is 0 Å². The van der Waals surface area contributed by atoms with Gasteiger partial charge in [-0.2, -0.15) is 0 Å². The van der Waals surface area contributed by atoms with Crippen molar-refractivity contribution in [2.24, 2.45) is 5.92 Å². The molecule has 5 heteroatoms. The van der Waals surface area contributed by atoms with E-state index in [0.717, 1.165) is 12.1 Å². The molecule has 0 spiro atoms. The fourth-order valence-corrected chi connectivity index (χ4v) is 3.34. The molecule has 3 aromatic carbocycles. The number of carbonyl (C=O) groups is 1. The van der Waals surface area contributed by atoms with Crippen LogP contribution in [-0.2, 0) is 6.54 Å². The van der Waals surface area contributed by atoms with Gasteiger partial charge in [0, 0.05) is 24.7 Å². The predicted molar refractivity (Wildman–Crippen MR) is 113 cm³/mol. The summed E-state index contributed by atoms with van der Waals surface area (Å²) in [5, 5.41) is 0. The van der Waals surface area contributed by atoms with Gasteiger partial charge >= 0.3 is 0 Å². The number of benzene rings is 3. The first-order chi connectivity index (χ1) is 14.6. The maximum Gasteiger partial charge on any atom is 0.254 e. The quantitative estimate of drug-likeness (QED) is 0.484. The second kappa shape index (κ2) is 8.99. The summed E-state index contributed by atoms with van der Waals surface area (Å²) in [7, 11) is 1.46. The Morgan fingerprint density at radius 1 is 1.00 bits per heavy atom. The molecule has 0 aliphatic heterocycles. The first-order valence-electron chi connectivity index (χ1n) is 10.1. The van der Waals surface area contributed by atoms with E-state index in [9.17, 15) is 9.18 Å². The van der Waals surface area contributed by atoms with Gasteiger partial charge in [0.2, 0.25) is 0 Å². The topological polar surface area (TPSA) is 38.8 Å². The Bertz CT molecular complexity index is 1000. The molecule has 0 radical (unpaired) electrons. The smallest absolute Gasteiger partial charge is 0.254 e. The van der Waals surface area contributed by atoms with Crippen LogP contribution in [0.25, 0.3) is 0 Å². The van der Waals surface area contributed by atoms with Crippen LogP contribution in [0.4, 0.5) is 4.39 Å². The number of ether oxygens (including phenoxy) is 2. The lowest BCUT2D eigenvalue weighted by atomic mass is 10.1. The van der Waals surface area contributed by atoms with Crippen molar-refractivity contribution in [2.45, 2.75) is 19.4 Å². The maximum atomic E-state index is 13.4. The molecule has 0 atom stereocenters. The Kier molecular flexibility index (Phi) is 5.98. The van der Waals surface area contributed by atoms with Crippen LogP contribution in [0.5, 0.6) is 17.2 Å². The number of carbonyl (C=O) groups excluding carboxylic acids is 1. The molecule has 1 amide bonds. The van der Waals surface area contributed by atoms with E-state index >= 15 is 0 Å². The Morgan fingerprint density at radius 2 is 1.73 bits per heavy atom. The lowest BCUT2D eigenvalue weighted by molar-refractivity contribution is 0.0735. The molecule has 1 aliphatic carbocycles. The molecule has 0 bridgehead atoms. The van der Waals surface area contributed by atoms with Gasteiger partial charge in [0.1, 0.15) is 11.6 Å². The molecule has 3 aromatic rings. The van der Waals surface area contributed by atoms with E-state index < -0.39 is 5.82 Å². The minimum absolute atomic E-state index is 0.0108. The lowest BCUT2D eigenvalue weighted by Gasteiger charge is -2.23. The molecule has 4 nitrogen and oxygen atoms in total. The highest BCUT2D eigenvalue weighted by molar-refractivity contribution is 5.94. The fraction of sp³-hybridized carbons (Fsp3) is 0.240. The van der Waals surface area contributed by atoms with E-state index in [1.54, 1.807) is 24.3 Å². The van der Waals surface area contributed by atoms with Gasteiger partial charge in [-0.1, -0.05) is 30.3 Å². The van der Waals surface area contributed by atoms with E-state index in [0.29, 0.717) is 35.3 Å². The van der Waals surface area contributed by atoms with Crippen molar-refractivity contribution in [2.75, 3.05) is 13.7 Å². The van der Waals surface area contributed by atoms with Gasteiger partial charge < -0.3 is 14.4 Å². The second-order valence-electron chi connectivity index (χ2n) is 7.54. The van der Waals surface area contributed by atoms with Gasteiger partial charge in [0.05, 0.1) is 7.11 Å². The van der Waals surface area contributed by atoms with Crippen LogP contribution >= 0.6 is 0 Å². The van der Waals surface area contributed by atoms with Crippen molar-refractivity contribution in [1.29, 1.82) is 0 Å². The van der Waals surface area contributed by atoms with Crippen LogP contribution in [0.1, 0.15) is 28.8 Å². The summed E-state index contributed by atoms with van der Waals surface area (Å²) in [6, 6.07) is 21.2. The number of methoxy groups -OCH3 is 1. The van der Waals surface area contributed by atoms with Gasteiger partial charge in [-0.3, -0.25) is 4.79 Å². The number of nitrogens with zero attached hydrogens (tertiary/aromatic N) is 1. The summed E-state index contributed by atoms with van der Waals surface area (Å²) in [5.74, 6) is 1.50. The van der Waals surface area contributed by atoms with Crippen LogP contribution < -0.4 is 9.47 Å². The van der Waals surface area contributed by atoms with Gasteiger partial charge in [-0.15, -0.1) is 0 Å². The van der Waals surface area contributed by atoms with Crippen molar-refractivity contribution in [3.8, 4) is 17.2 Å². The highest BCUT2D eigenvalue weighted by Gasteiger charge is 2.27. The number of halogens is 1. The van der Waals surface area contributed by atoms with Crippen LogP contribution in [0.2, 0.25) is 0 Å². The third-order valence-corrected chi connectivity index (χ3v) is 5.13. The molecule has 4 rings (SSSR count). The van der Waals surface area contributed by atoms with E-state index in [1.807, 2.05) is 35.2 Å². The molecule has 0 aromatic heterocycles. The van der Waals surface area contributed by atoms with Gasteiger partial charge in [0.25, 0.3) is 5.91 Å². The van der Waals surface area contributed by atoms with Crippen molar-refractivity contribution in [1.82, 2.24) is 4.90 Å². The minimum Gasteiger partial charge on any atom is -0.493 e. The standard InChI is InChI=1S/C25H24FNO3/c1-29-24-15-21(26)11-14-23(24)30-22-12-9-20(10-13-22)25(28)27(17-19-7-8-19)16-18-5-3-2-4-6-18/h2-6,9-15,19H,7-8,16-17H2,1H3. The Balaban J connectivity index is 1.48. The van der Waals surface area contributed by atoms with Crippen LogP contribution in [-0.4, -0.2) is 24.5 Å². The predicted octanol–water partition coefficient (Wildman–Crippen LogP) is 5.68. The van der Waals surface area contributed by atoms with Crippen molar-refractivity contribution in [3.63, 3.8) is 0 Å². The summed E-state index contributed by atoms with van der Waals surface area (Å²) >= 11 is 0. The first-order valence-corrected chi connectivity index (χ1v) is 10.1. The number of hydrogen-bond acceptors (Lipinski definition) is 3. The molecule has 0 heterocycles. The number of hydrogen-bond donors (Lipinski definition) is 0. The Hall–Kier alpha value is -3.34. The summed E-state index contributed by atoms with van der Waals surface area (Å²) in [6.07, 6.45) is 2.37. The highest BCUT2D eigenvalue weighted by atomic mass is 19.1. The molecule has 0 saturated heterocycles. The van der Waals surface area contributed by atoms with Gasteiger partial charge in [-0.05, 0) is 60.7 Å². The first kappa shape index (κ1) is 20.0. The van der Waals surface area contributed by atoms with Crippen LogP contribution in [0.15, 0.2) is 72.8 Å². The average Bonchev–Trinajstić information content (AvgIpc) is 3.59. The van der Waals surface area contributed by atoms with Crippen molar-refractivity contribution >= 4 is 5.91 Å². The summed E-state index contributed by atoms with van der Waals surface area (Å²) in [4.78, 5) is 15.1. The number of rotatable bonds is 8. The van der Waals surface area contributed by atoms with Gasteiger partial charge in [-0.25, -0.2) is 4.39 Å². The third kappa shape index (κ3) is 4.98. The van der Waals surface area contributed by atoms with Crippen molar-refractivity contribution < 1.29 is 18.7 Å². The third-order valence-electron chi connectivity index (χ3n) is 5.13. The van der Waals surface area contributed by atoms with E-state index in [2.05, 4.69) is 0 Å². The molecule has 0 N–H and O–H groups in total. The zero-order valence-electron chi connectivity index (χ0n) is 16.9. The maximum absolute atomic E-state index is 13.4. The minimum atomic E-state index is -0.394. The summed E-state index contributed by atoms with van der Waals surface area (Å²) < 4.78 is 24.3. The molecule has 154 valence electrons. The number of amides is 1. The van der Waals surface area contributed by atoms with Gasteiger partial charge in [0.15, 0.2) is 11.5 Å². The van der Waals surface area contributed by atoms with Crippen molar-refractivity contribution in [3.05, 3.63) is 89.7 Å². The molecular formula is C25H24FNO3. The monoisotopic (exact) mass is 405 g/mol.